The minimum atomic E-state index is -3.85. The van der Waals surface area contributed by atoms with E-state index in [1.165, 1.54) is 33.6 Å². The quantitative estimate of drug-likeness (QED) is 0.181. The predicted molar refractivity (Wildman–Crippen MR) is 163 cm³/mol. The van der Waals surface area contributed by atoms with Gasteiger partial charge in [-0.15, -0.1) is 0 Å². The van der Waals surface area contributed by atoms with Crippen LogP contribution in [-0.4, -0.2) is 58.1 Å². The summed E-state index contributed by atoms with van der Waals surface area (Å²) in [7, 11) is -3.85. The van der Waals surface area contributed by atoms with Gasteiger partial charge < -0.3 is 4.40 Å². The van der Waals surface area contributed by atoms with E-state index in [4.69, 9.17) is 4.98 Å². The number of piperazine rings is 1. The maximum atomic E-state index is 13.3. The zero-order valence-electron chi connectivity index (χ0n) is 23.5. The van der Waals surface area contributed by atoms with Crippen molar-refractivity contribution in [3.05, 3.63) is 118 Å². The summed E-state index contributed by atoms with van der Waals surface area (Å²) in [5.74, 6) is 0. The molecular weight excluding hydrogens is 550 g/mol. The Morgan fingerprint density at radius 2 is 1.52 bits per heavy atom. The molecule has 5 aromatic rings. The standard InChI is InChI=1S/C32H31N5O4S/c1-23-9-11-25(12-10-23)32-30(36-21-27(13-14-31(36)33-32)26-6-3-5-24(2)19-26)22-34-15-17-35(18-16-34)42(40,41)29-8-4-7-28(20-29)37(38)39/h3-14,19-21H,15-18,22H2,1-2H3. The van der Waals surface area contributed by atoms with E-state index in [2.05, 4.69) is 83.9 Å². The van der Waals surface area contributed by atoms with E-state index in [0.29, 0.717) is 19.6 Å². The fourth-order valence-electron chi connectivity index (χ4n) is 5.43. The van der Waals surface area contributed by atoms with Gasteiger partial charge in [-0.1, -0.05) is 65.7 Å². The maximum Gasteiger partial charge on any atom is 0.270 e. The summed E-state index contributed by atoms with van der Waals surface area (Å²) in [5.41, 5.74) is 8.18. The van der Waals surface area contributed by atoms with Gasteiger partial charge in [-0.25, -0.2) is 13.4 Å². The lowest BCUT2D eigenvalue weighted by molar-refractivity contribution is -0.385. The third-order valence-electron chi connectivity index (χ3n) is 7.76. The molecule has 0 radical (unpaired) electrons. The number of nitro benzene ring substituents is 1. The highest BCUT2D eigenvalue weighted by Crippen LogP contribution is 2.30. The van der Waals surface area contributed by atoms with Gasteiger partial charge >= 0.3 is 0 Å². The van der Waals surface area contributed by atoms with Gasteiger partial charge in [-0.2, -0.15) is 4.31 Å². The van der Waals surface area contributed by atoms with Gasteiger partial charge in [0.15, 0.2) is 0 Å². The van der Waals surface area contributed by atoms with E-state index < -0.39 is 14.9 Å². The summed E-state index contributed by atoms with van der Waals surface area (Å²) < 4.78 is 30.2. The van der Waals surface area contributed by atoms with Crippen molar-refractivity contribution in [2.75, 3.05) is 26.2 Å². The van der Waals surface area contributed by atoms with E-state index in [1.807, 2.05) is 6.07 Å². The molecule has 0 atom stereocenters. The predicted octanol–water partition coefficient (Wildman–Crippen LogP) is 5.70. The van der Waals surface area contributed by atoms with Crippen LogP contribution >= 0.6 is 0 Å². The lowest BCUT2D eigenvalue weighted by atomic mass is 10.1. The number of rotatable bonds is 7. The largest absolute Gasteiger partial charge is 0.301 e. The molecule has 1 aliphatic rings. The van der Waals surface area contributed by atoms with E-state index in [0.717, 1.165) is 39.8 Å². The fourth-order valence-corrected chi connectivity index (χ4v) is 6.89. The van der Waals surface area contributed by atoms with Gasteiger partial charge in [-0.05, 0) is 43.2 Å². The first kappa shape index (κ1) is 27.8. The Morgan fingerprint density at radius 1 is 0.810 bits per heavy atom. The normalized spacial score (nSPS) is 14.8. The van der Waals surface area contributed by atoms with Crippen LogP contribution in [-0.2, 0) is 16.6 Å². The number of benzene rings is 3. The van der Waals surface area contributed by atoms with Gasteiger partial charge in [0, 0.05) is 56.6 Å². The van der Waals surface area contributed by atoms with Gasteiger partial charge in [0.25, 0.3) is 5.69 Å². The Balaban J connectivity index is 1.30. The molecule has 0 N–H and O–H groups in total. The summed E-state index contributed by atoms with van der Waals surface area (Å²) in [5, 5.41) is 11.2. The molecule has 0 amide bonds. The number of sulfonamides is 1. The molecule has 0 spiro atoms. The summed E-state index contributed by atoms with van der Waals surface area (Å²) >= 11 is 0. The number of hydrogen-bond acceptors (Lipinski definition) is 6. The second-order valence-corrected chi connectivity index (χ2v) is 12.7. The number of pyridine rings is 1. The molecule has 0 aliphatic carbocycles. The van der Waals surface area contributed by atoms with Crippen LogP contribution in [0.5, 0.6) is 0 Å². The molecule has 1 aliphatic heterocycles. The average molecular weight is 582 g/mol. The van der Waals surface area contributed by atoms with Crippen LogP contribution in [0.4, 0.5) is 5.69 Å². The number of imidazole rings is 1. The Kier molecular flexibility index (Phi) is 7.36. The molecule has 1 saturated heterocycles. The first-order valence-corrected chi connectivity index (χ1v) is 15.2. The van der Waals surface area contributed by atoms with Gasteiger partial charge in [0.2, 0.25) is 10.0 Å². The molecule has 10 heteroatoms. The van der Waals surface area contributed by atoms with Crippen molar-refractivity contribution >= 4 is 21.4 Å². The third kappa shape index (κ3) is 5.44. The molecule has 214 valence electrons. The first-order valence-electron chi connectivity index (χ1n) is 13.8. The van der Waals surface area contributed by atoms with Crippen LogP contribution < -0.4 is 0 Å². The summed E-state index contributed by atoms with van der Waals surface area (Å²) in [4.78, 5) is 17.8. The lowest BCUT2D eigenvalue weighted by Gasteiger charge is -2.34. The van der Waals surface area contributed by atoms with Crippen LogP contribution in [0.15, 0.2) is 96.0 Å². The van der Waals surface area contributed by atoms with Gasteiger partial charge in [0.05, 0.1) is 21.2 Å². The monoisotopic (exact) mass is 581 g/mol. The van der Waals surface area contributed by atoms with Crippen molar-refractivity contribution in [2.45, 2.75) is 25.3 Å². The molecule has 42 heavy (non-hydrogen) atoms. The van der Waals surface area contributed by atoms with E-state index in [-0.39, 0.29) is 23.7 Å². The second-order valence-electron chi connectivity index (χ2n) is 10.7. The lowest BCUT2D eigenvalue weighted by Crippen LogP contribution is -2.48. The number of non-ortho nitro benzene ring substituents is 1. The molecule has 0 bridgehead atoms. The minimum Gasteiger partial charge on any atom is -0.301 e. The van der Waals surface area contributed by atoms with E-state index in [9.17, 15) is 18.5 Å². The molecule has 1 fully saturated rings. The van der Waals surface area contributed by atoms with Crippen LogP contribution in [0.25, 0.3) is 28.0 Å². The number of aryl methyl sites for hydroxylation is 2. The Morgan fingerprint density at radius 3 is 2.24 bits per heavy atom. The summed E-state index contributed by atoms with van der Waals surface area (Å²) in [6, 6.07) is 26.1. The van der Waals surface area contributed by atoms with Gasteiger partial charge in [0.1, 0.15) is 5.65 Å². The average Bonchev–Trinajstić information content (AvgIpc) is 3.35. The van der Waals surface area contributed by atoms with E-state index >= 15 is 0 Å². The minimum absolute atomic E-state index is 0.0581. The highest BCUT2D eigenvalue weighted by atomic mass is 32.2. The smallest absolute Gasteiger partial charge is 0.270 e. The van der Waals surface area contributed by atoms with Crippen molar-refractivity contribution in [1.29, 1.82) is 0 Å². The zero-order valence-corrected chi connectivity index (χ0v) is 24.3. The maximum absolute atomic E-state index is 13.3. The van der Waals surface area contributed by atoms with Crippen molar-refractivity contribution in [3.63, 3.8) is 0 Å². The Bertz CT molecular complexity index is 1890. The molecule has 2 aromatic heterocycles. The second kappa shape index (κ2) is 11.1. The number of nitrogens with zero attached hydrogens (tertiary/aromatic N) is 5. The molecule has 6 rings (SSSR count). The highest BCUT2D eigenvalue weighted by molar-refractivity contribution is 7.89. The molecular formula is C32H31N5O4S. The Hall–Kier alpha value is -4.38. The van der Waals surface area contributed by atoms with Crippen LogP contribution in [0, 0.1) is 24.0 Å². The van der Waals surface area contributed by atoms with Crippen molar-refractivity contribution in [2.24, 2.45) is 0 Å². The third-order valence-corrected chi connectivity index (χ3v) is 9.66. The SMILES string of the molecule is Cc1ccc(-c2nc3ccc(-c4cccc(C)c4)cn3c2CN2CCN(S(=O)(=O)c3cccc([N+](=O)[O-])c3)CC2)cc1. The number of nitro groups is 1. The number of aromatic nitrogens is 2. The van der Waals surface area contributed by atoms with Crippen molar-refractivity contribution in [1.82, 2.24) is 18.6 Å². The fraction of sp³-hybridized carbons (Fsp3) is 0.219. The number of fused-ring (bicyclic) bond motifs is 1. The van der Waals surface area contributed by atoms with Crippen LogP contribution in [0.3, 0.4) is 0 Å². The zero-order chi connectivity index (χ0) is 29.4. The molecule has 9 nitrogen and oxygen atoms in total. The highest BCUT2D eigenvalue weighted by Gasteiger charge is 2.30. The van der Waals surface area contributed by atoms with Crippen LogP contribution in [0.1, 0.15) is 16.8 Å². The molecule has 3 aromatic carbocycles. The van der Waals surface area contributed by atoms with Gasteiger partial charge in [-0.3, -0.25) is 15.0 Å². The number of hydrogen-bond donors (Lipinski definition) is 0. The van der Waals surface area contributed by atoms with E-state index in [1.54, 1.807) is 0 Å². The molecule has 3 heterocycles. The van der Waals surface area contributed by atoms with Crippen LogP contribution in [0.2, 0.25) is 0 Å². The van der Waals surface area contributed by atoms with Crippen molar-refractivity contribution in [3.8, 4) is 22.4 Å². The Labute approximate surface area is 244 Å². The summed E-state index contributed by atoms with van der Waals surface area (Å²) in [6.07, 6.45) is 2.13. The first-order chi connectivity index (χ1) is 20.2. The molecule has 0 unspecified atom stereocenters. The van der Waals surface area contributed by atoms with Crippen molar-refractivity contribution < 1.29 is 13.3 Å². The summed E-state index contributed by atoms with van der Waals surface area (Å²) in [6.45, 7) is 6.35. The topological polar surface area (TPSA) is 101 Å². The molecule has 0 saturated carbocycles.